The number of thiazole rings is 1. The second-order valence-electron chi connectivity index (χ2n) is 11.3. The van der Waals surface area contributed by atoms with E-state index in [0.717, 1.165) is 35.6 Å². The van der Waals surface area contributed by atoms with Crippen molar-refractivity contribution in [2.75, 3.05) is 21.5 Å². The van der Waals surface area contributed by atoms with Crippen LogP contribution in [0.2, 0.25) is 0 Å². The molecule has 2 aromatic carbocycles. The van der Waals surface area contributed by atoms with Gasteiger partial charge in [0.15, 0.2) is 20.5 Å². The predicted octanol–water partition coefficient (Wildman–Crippen LogP) is 5.24. The lowest BCUT2D eigenvalue weighted by Crippen LogP contribution is -2.19. The Kier molecular flexibility index (Phi) is 6.94. The average Bonchev–Trinajstić information content (AvgIpc) is 3.79. The lowest BCUT2D eigenvalue weighted by atomic mass is 10.1. The van der Waals surface area contributed by atoms with E-state index in [2.05, 4.69) is 20.3 Å². The number of fused-ring (bicyclic) bond motifs is 1. The molecule has 2 N–H and O–H groups in total. The van der Waals surface area contributed by atoms with Crippen LogP contribution < -0.4 is 10.0 Å². The molecule has 2 aliphatic carbocycles. The molecule has 3 heterocycles. The summed E-state index contributed by atoms with van der Waals surface area (Å²) in [5.74, 6) is -3.74. The number of nitrogens with one attached hydrogen (secondary N) is 2. The van der Waals surface area contributed by atoms with Crippen molar-refractivity contribution in [3.63, 3.8) is 0 Å². The number of sulfonamides is 1. The zero-order valence-corrected chi connectivity index (χ0v) is 25.3. The molecule has 1 saturated heterocycles. The van der Waals surface area contributed by atoms with Crippen molar-refractivity contribution in [2.24, 2.45) is 11.8 Å². The SMILES string of the molecule is O=S1(=O)C[C@@H]2[C@H](C1)[C@@H]2Nc1nccc(-c2sc(C3(C(F)F)CC3)nc2-c2cccc(NS(=O)(=O)c3c(F)cccc3F)c2F)n1. The molecule has 3 aliphatic rings. The van der Waals surface area contributed by atoms with Crippen molar-refractivity contribution in [2.45, 2.75) is 35.6 Å². The Hall–Kier alpha value is -3.70. The number of hydrogen-bond acceptors (Lipinski definition) is 9. The van der Waals surface area contributed by atoms with E-state index in [1.165, 1.54) is 24.4 Å². The zero-order valence-electron chi connectivity index (χ0n) is 22.8. The first-order valence-electron chi connectivity index (χ1n) is 13.7. The van der Waals surface area contributed by atoms with Gasteiger partial charge >= 0.3 is 0 Å². The van der Waals surface area contributed by atoms with Crippen molar-refractivity contribution in [1.82, 2.24) is 15.0 Å². The van der Waals surface area contributed by atoms with Gasteiger partial charge in [-0.2, -0.15) is 0 Å². The number of aromatic nitrogens is 3. The van der Waals surface area contributed by atoms with Gasteiger partial charge in [-0.05, 0) is 55.0 Å². The van der Waals surface area contributed by atoms with Gasteiger partial charge in [0.25, 0.3) is 10.0 Å². The van der Waals surface area contributed by atoms with E-state index in [1.807, 2.05) is 4.72 Å². The number of halogens is 5. The molecule has 236 valence electrons. The quantitative estimate of drug-likeness (QED) is 0.229. The maximum atomic E-state index is 16.0. The molecule has 3 fully saturated rings. The van der Waals surface area contributed by atoms with E-state index in [4.69, 9.17) is 0 Å². The molecule has 45 heavy (non-hydrogen) atoms. The van der Waals surface area contributed by atoms with Gasteiger partial charge in [0.1, 0.15) is 16.6 Å². The number of nitrogens with zero attached hydrogens (tertiary/aromatic N) is 3. The standard InChI is InChI=1S/C28H22F5N5O4S3/c29-16-4-2-5-17(30)24(16)45(41,42)38-18-6-1-3-13(20(18)31)22-23(43-26(36-22)28(8-9-28)25(32)33)19-7-10-34-27(35-19)37-21-14-11-44(39,40)12-15(14)21/h1-7,10,14-15,21,25,38H,8-9,11-12H2,(H,34,35,37)/t14-,15+,21-. The topological polar surface area (TPSA) is 131 Å². The number of rotatable bonds is 9. The minimum Gasteiger partial charge on any atom is -0.351 e. The minimum absolute atomic E-state index is 0.0522. The molecule has 1 aliphatic heterocycles. The third kappa shape index (κ3) is 5.23. The molecule has 4 aromatic rings. The number of anilines is 2. The molecule has 9 nitrogen and oxygen atoms in total. The molecular weight excluding hydrogens is 662 g/mol. The van der Waals surface area contributed by atoms with Crippen LogP contribution in [-0.2, 0) is 25.3 Å². The molecule has 17 heteroatoms. The van der Waals surface area contributed by atoms with E-state index < -0.39 is 59.7 Å². The largest absolute Gasteiger partial charge is 0.351 e. The van der Waals surface area contributed by atoms with Gasteiger partial charge in [0.05, 0.1) is 38.9 Å². The van der Waals surface area contributed by atoms with Crippen LogP contribution >= 0.6 is 11.3 Å². The van der Waals surface area contributed by atoms with E-state index in [9.17, 15) is 34.4 Å². The average molecular weight is 684 g/mol. The van der Waals surface area contributed by atoms with Crippen LogP contribution in [0.15, 0.2) is 53.6 Å². The molecule has 0 bridgehead atoms. The maximum Gasteiger partial charge on any atom is 0.267 e. The molecular formula is C28H22F5N5O4S3. The lowest BCUT2D eigenvalue weighted by Gasteiger charge is -2.13. The highest BCUT2D eigenvalue weighted by atomic mass is 32.2. The van der Waals surface area contributed by atoms with Crippen molar-refractivity contribution in [1.29, 1.82) is 0 Å². The summed E-state index contributed by atoms with van der Waals surface area (Å²) in [6.45, 7) is 0. The Balaban J connectivity index is 1.27. The van der Waals surface area contributed by atoms with Gasteiger partial charge in [-0.3, -0.25) is 4.72 Å². The van der Waals surface area contributed by atoms with E-state index in [-0.39, 0.29) is 75.0 Å². The summed E-state index contributed by atoms with van der Waals surface area (Å²) in [4.78, 5) is 12.0. The predicted molar refractivity (Wildman–Crippen MR) is 156 cm³/mol. The Bertz CT molecular complexity index is 2030. The normalized spacial score (nSPS) is 22.7. The first kappa shape index (κ1) is 30.0. The number of benzene rings is 2. The highest BCUT2D eigenvalue weighted by Gasteiger charge is 2.59. The van der Waals surface area contributed by atoms with Crippen molar-refractivity contribution >= 4 is 42.8 Å². The highest BCUT2D eigenvalue weighted by Crippen LogP contribution is 2.56. The molecule has 3 atom stereocenters. The molecule has 2 saturated carbocycles. The highest BCUT2D eigenvalue weighted by molar-refractivity contribution is 7.92. The van der Waals surface area contributed by atoms with Gasteiger partial charge in [0, 0.05) is 17.8 Å². The van der Waals surface area contributed by atoms with Crippen LogP contribution in [0.3, 0.4) is 0 Å². The lowest BCUT2D eigenvalue weighted by molar-refractivity contribution is 0.102. The van der Waals surface area contributed by atoms with Crippen molar-refractivity contribution in [3.05, 3.63) is 71.1 Å². The smallest absolute Gasteiger partial charge is 0.267 e. The van der Waals surface area contributed by atoms with Crippen LogP contribution in [0.5, 0.6) is 0 Å². The van der Waals surface area contributed by atoms with E-state index >= 15 is 4.39 Å². The summed E-state index contributed by atoms with van der Waals surface area (Å²) in [5.41, 5.74) is -2.29. The first-order chi connectivity index (χ1) is 21.3. The Labute approximate surface area is 257 Å². The fraction of sp³-hybridized carbons (Fsp3) is 0.321. The molecule has 0 unspecified atom stereocenters. The van der Waals surface area contributed by atoms with Crippen LogP contribution in [0.1, 0.15) is 17.8 Å². The Morgan fingerprint density at radius 1 is 0.956 bits per heavy atom. The fourth-order valence-electron chi connectivity index (χ4n) is 5.75. The molecule has 0 radical (unpaired) electrons. The third-order valence-corrected chi connectivity index (χ3v) is 12.9. The summed E-state index contributed by atoms with van der Waals surface area (Å²) >= 11 is 0.900. The van der Waals surface area contributed by atoms with Gasteiger partial charge in [-0.15, -0.1) is 11.3 Å². The second-order valence-corrected chi connectivity index (χ2v) is 16.1. The van der Waals surface area contributed by atoms with Crippen LogP contribution in [-0.4, -0.2) is 55.8 Å². The maximum absolute atomic E-state index is 16.0. The fourth-order valence-corrected chi connectivity index (χ4v) is 10.5. The Morgan fingerprint density at radius 3 is 2.27 bits per heavy atom. The summed E-state index contributed by atoms with van der Waals surface area (Å²) in [7, 11) is -8.00. The van der Waals surface area contributed by atoms with E-state index in [0.29, 0.717) is 0 Å². The van der Waals surface area contributed by atoms with Gasteiger partial charge < -0.3 is 5.32 Å². The van der Waals surface area contributed by atoms with Crippen LogP contribution in [0, 0.1) is 29.3 Å². The molecule has 2 aromatic heterocycles. The van der Waals surface area contributed by atoms with E-state index in [1.54, 1.807) is 0 Å². The first-order valence-corrected chi connectivity index (χ1v) is 17.8. The van der Waals surface area contributed by atoms with Gasteiger partial charge in [-0.1, -0.05) is 12.1 Å². The van der Waals surface area contributed by atoms with Gasteiger partial charge in [0.2, 0.25) is 12.4 Å². The summed E-state index contributed by atoms with van der Waals surface area (Å²) in [6, 6.07) is 7.40. The minimum atomic E-state index is -4.93. The van der Waals surface area contributed by atoms with Crippen molar-refractivity contribution in [3.8, 4) is 21.8 Å². The van der Waals surface area contributed by atoms with Crippen LogP contribution in [0.4, 0.5) is 33.6 Å². The summed E-state index contributed by atoms with van der Waals surface area (Å²) in [5, 5.41) is 3.18. The molecule has 0 spiro atoms. The molecule has 0 amide bonds. The monoisotopic (exact) mass is 683 g/mol. The summed E-state index contributed by atoms with van der Waals surface area (Å²) < 4.78 is 124. The zero-order chi connectivity index (χ0) is 31.9. The molecule has 7 rings (SSSR count). The number of alkyl halides is 2. The van der Waals surface area contributed by atoms with Crippen molar-refractivity contribution < 1.29 is 38.8 Å². The third-order valence-electron chi connectivity index (χ3n) is 8.35. The van der Waals surface area contributed by atoms with Crippen LogP contribution in [0.25, 0.3) is 21.8 Å². The summed E-state index contributed by atoms with van der Waals surface area (Å²) in [6.07, 6.45) is -1.00. The Morgan fingerprint density at radius 2 is 1.62 bits per heavy atom. The number of hydrogen-bond donors (Lipinski definition) is 2. The second kappa shape index (κ2) is 10.4. The van der Waals surface area contributed by atoms with Gasteiger partial charge in [-0.25, -0.2) is 53.7 Å². The number of sulfone groups is 1.